The number of ether oxygens (including phenoxy) is 1. The molecule has 1 N–H and O–H groups in total. The maximum Gasteiger partial charge on any atom is 0.259 e. The fraction of sp³-hybridized carbons (Fsp3) is 0.105. The molecule has 2 aromatic carbocycles. The van der Waals surface area contributed by atoms with E-state index in [1.54, 1.807) is 26.2 Å². The summed E-state index contributed by atoms with van der Waals surface area (Å²) in [5.41, 5.74) is 0.994. The van der Waals surface area contributed by atoms with Crippen LogP contribution in [0.1, 0.15) is 16.1 Å². The molecule has 2 aromatic heterocycles. The Morgan fingerprint density at radius 2 is 2.00 bits per heavy atom. The Morgan fingerprint density at radius 1 is 1.18 bits per heavy atom. The van der Waals surface area contributed by atoms with Crippen LogP contribution in [0.25, 0.3) is 15.3 Å². The second kappa shape index (κ2) is 7.01. The summed E-state index contributed by atoms with van der Waals surface area (Å²) >= 11 is 1.36. The minimum atomic E-state index is -0.811. The first-order valence-corrected chi connectivity index (χ1v) is 9.04. The number of carbonyl (C=O) groups excluding carboxylic acids is 1. The molecule has 6 nitrogen and oxygen atoms in total. The van der Waals surface area contributed by atoms with Crippen molar-refractivity contribution in [3.8, 4) is 10.9 Å². The van der Waals surface area contributed by atoms with E-state index in [4.69, 9.17) is 4.74 Å². The number of carbonyl (C=O) groups is 1. The second-order valence-electron chi connectivity index (χ2n) is 5.99. The third-order valence-electron chi connectivity index (χ3n) is 4.01. The molecule has 4 aromatic rings. The summed E-state index contributed by atoms with van der Waals surface area (Å²) in [5.74, 6) is -1.28. The Bertz CT molecular complexity index is 1200. The largest absolute Gasteiger partial charge is 0.497 e. The predicted molar refractivity (Wildman–Crippen MR) is 102 cm³/mol. The van der Waals surface area contributed by atoms with Gasteiger partial charge in [-0.1, -0.05) is 11.3 Å². The first kappa shape index (κ1) is 18.1. The van der Waals surface area contributed by atoms with Gasteiger partial charge in [0.1, 0.15) is 23.2 Å². The fourth-order valence-corrected chi connectivity index (χ4v) is 3.66. The quantitative estimate of drug-likeness (QED) is 0.554. The molecule has 2 heterocycles. The smallest absolute Gasteiger partial charge is 0.259 e. The Morgan fingerprint density at radius 3 is 2.79 bits per heavy atom. The molecule has 0 saturated carbocycles. The third-order valence-corrected chi connectivity index (χ3v) is 5.01. The normalized spacial score (nSPS) is 11.0. The number of benzene rings is 2. The molecule has 0 spiro atoms. The van der Waals surface area contributed by atoms with Crippen molar-refractivity contribution in [1.82, 2.24) is 14.8 Å². The predicted octanol–water partition coefficient (Wildman–Crippen LogP) is 4.33. The number of nitrogens with zero attached hydrogens (tertiary/aromatic N) is 3. The average Bonchev–Trinajstić information content (AvgIpc) is 3.25. The molecule has 28 heavy (non-hydrogen) atoms. The van der Waals surface area contributed by atoms with Gasteiger partial charge in [-0.3, -0.25) is 4.79 Å². The van der Waals surface area contributed by atoms with Gasteiger partial charge in [0.25, 0.3) is 5.91 Å². The highest BCUT2D eigenvalue weighted by Gasteiger charge is 2.18. The summed E-state index contributed by atoms with van der Waals surface area (Å²) in [4.78, 5) is 17.0. The molecule has 0 saturated heterocycles. The van der Waals surface area contributed by atoms with Gasteiger partial charge >= 0.3 is 0 Å². The molecule has 0 aliphatic carbocycles. The van der Waals surface area contributed by atoms with E-state index in [0.29, 0.717) is 22.4 Å². The number of hydrogen-bond acceptors (Lipinski definition) is 5. The van der Waals surface area contributed by atoms with Crippen LogP contribution < -0.4 is 10.1 Å². The molecule has 0 radical (unpaired) electrons. The Kier molecular flexibility index (Phi) is 4.52. The zero-order valence-electron chi connectivity index (χ0n) is 14.9. The molecule has 9 heteroatoms. The Balaban J connectivity index is 1.71. The number of hydrogen-bond donors (Lipinski definition) is 1. The lowest BCUT2D eigenvalue weighted by Crippen LogP contribution is -2.16. The lowest BCUT2D eigenvalue weighted by atomic mass is 10.2. The summed E-state index contributed by atoms with van der Waals surface area (Å²) in [6, 6.07) is 9.82. The molecule has 0 unspecified atom stereocenters. The molecule has 0 aliphatic heterocycles. The van der Waals surface area contributed by atoms with Crippen LogP contribution in [0.15, 0.2) is 42.5 Å². The zero-order chi connectivity index (χ0) is 19.8. The summed E-state index contributed by atoms with van der Waals surface area (Å²) in [5, 5.41) is 7.45. The van der Waals surface area contributed by atoms with Gasteiger partial charge in [0, 0.05) is 6.07 Å². The maximum absolute atomic E-state index is 13.9. The summed E-state index contributed by atoms with van der Waals surface area (Å²) in [6.07, 6.45) is 0. The van der Waals surface area contributed by atoms with Crippen LogP contribution in [0.5, 0.6) is 5.75 Å². The number of anilines is 1. The number of halogens is 2. The number of aromatic nitrogens is 3. The number of thiazole rings is 1. The molecule has 0 atom stereocenters. The van der Waals surface area contributed by atoms with Crippen molar-refractivity contribution in [2.24, 2.45) is 0 Å². The van der Waals surface area contributed by atoms with Crippen molar-refractivity contribution >= 4 is 33.3 Å². The van der Waals surface area contributed by atoms with Gasteiger partial charge in [0.15, 0.2) is 0 Å². The SMILES string of the molecule is COc1ccc2nc(-n3nc(C)cc3NC(=O)c3cc(F)ccc3F)sc2c1. The topological polar surface area (TPSA) is 69.0 Å². The van der Waals surface area contributed by atoms with Crippen LogP contribution in [0.2, 0.25) is 0 Å². The van der Waals surface area contributed by atoms with E-state index >= 15 is 0 Å². The van der Waals surface area contributed by atoms with Gasteiger partial charge in [-0.15, -0.1) is 0 Å². The standard InChI is InChI=1S/C19H14F2N4O2S/c1-10-7-17(23-18(26)13-8-11(20)3-5-14(13)21)25(24-10)19-22-15-6-4-12(27-2)9-16(15)28-19/h3-9H,1-2H3,(H,23,26). The van der Waals surface area contributed by atoms with Crippen molar-refractivity contribution in [3.63, 3.8) is 0 Å². The summed E-state index contributed by atoms with van der Waals surface area (Å²) in [6.45, 7) is 1.76. The highest BCUT2D eigenvalue weighted by molar-refractivity contribution is 7.20. The number of aryl methyl sites for hydroxylation is 1. The second-order valence-corrected chi connectivity index (χ2v) is 7.00. The zero-order valence-corrected chi connectivity index (χ0v) is 15.7. The number of amides is 1. The van der Waals surface area contributed by atoms with E-state index in [9.17, 15) is 13.6 Å². The lowest BCUT2D eigenvalue weighted by Gasteiger charge is -2.07. The van der Waals surface area contributed by atoms with Crippen LogP contribution in [0.3, 0.4) is 0 Å². The highest BCUT2D eigenvalue weighted by atomic mass is 32.1. The Hall–Kier alpha value is -3.33. The summed E-state index contributed by atoms with van der Waals surface area (Å²) < 4.78 is 34.8. The molecule has 1 amide bonds. The summed E-state index contributed by atoms with van der Waals surface area (Å²) in [7, 11) is 1.58. The molecular formula is C19H14F2N4O2S. The van der Waals surface area contributed by atoms with Crippen LogP contribution in [-0.4, -0.2) is 27.8 Å². The van der Waals surface area contributed by atoms with Gasteiger partial charge in [-0.2, -0.15) is 9.78 Å². The molecule has 4 rings (SSSR count). The van der Waals surface area contributed by atoms with Gasteiger partial charge < -0.3 is 10.1 Å². The average molecular weight is 400 g/mol. The molecule has 0 bridgehead atoms. The van der Waals surface area contributed by atoms with Crippen LogP contribution in [-0.2, 0) is 0 Å². The molecule has 142 valence electrons. The van der Waals surface area contributed by atoms with Crippen molar-refractivity contribution in [1.29, 1.82) is 0 Å². The first-order valence-electron chi connectivity index (χ1n) is 8.22. The first-order chi connectivity index (χ1) is 13.4. The van der Waals surface area contributed by atoms with Gasteiger partial charge in [-0.05, 0) is 43.3 Å². The van der Waals surface area contributed by atoms with Crippen LogP contribution in [0, 0.1) is 18.6 Å². The minimum absolute atomic E-state index is 0.303. The van der Waals surface area contributed by atoms with E-state index in [2.05, 4.69) is 15.4 Å². The van der Waals surface area contributed by atoms with Gasteiger partial charge in [0.2, 0.25) is 5.13 Å². The van der Waals surface area contributed by atoms with Crippen molar-refractivity contribution < 1.29 is 18.3 Å². The fourth-order valence-electron chi connectivity index (χ4n) is 2.70. The van der Waals surface area contributed by atoms with Crippen LogP contribution in [0.4, 0.5) is 14.6 Å². The molecule has 0 aliphatic rings. The number of rotatable bonds is 4. The lowest BCUT2D eigenvalue weighted by molar-refractivity contribution is 0.102. The number of fused-ring (bicyclic) bond motifs is 1. The van der Waals surface area contributed by atoms with E-state index in [1.165, 1.54) is 16.0 Å². The van der Waals surface area contributed by atoms with E-state index < -0.39 is 17.5 Å². The van der Waals surface area contributed by atoms with E-state index in [0.717, 1.165) is 28.4 Å². The van der Waals surface area contributed by atoms with Gasteiger partial charge in [0.05, 0.1) is 28.6 Å². The Labute approximate surface area is 162 Å². The number of methoxy groups -OCH3 is 1. The van der Waals surface area contributed by atoms with E-state index in [-0.39, 0.29) is 5.56 Å². The van der Waals surface area contributed by atoms with Crippen molar-refractivity contribution in [2.45, 2.75) is 6.92 Å². The maximum atomic E-state index is 13.9. The van der Waals surface area contributed by atoms with Crippen LogP contribution >= 0.6 is 11.3 Å². The van der Waals surface area contributed by atoms with Crippen molar-refractivity contribution in [3.05, 3.63) is 65.4 Å². The highest BCUT2D eigenvalue weighted by Crippen LogP contribution is 2.30. The minimum Gasteiger partial charge on any atom is -0.497 e. The molecular weight excluding hydrogens is 386 g/mol. The third kappa shape index (κ3) is 3.31. The number of nitrogens with one attached hydrogen (secondary N) is 1. The van der Waals surface area contributed by atoms with E-state index in [1.807, 2.05) is 12.1 Å². The molecule has 0 fully saturated rings. The monoisotopic (exact) mass is 400 g/mol. The van der Waals surface area contributed by atoms with Gasteiger partial charge in [-0.25, -0.2) is 13.8 Å². The van der Waals surface area contributed by atoms with Crippen molar-refractivity contribution in [2.75, 3.05) is 12.4 Å².